The van der Waals surface area contributed by atoms with Crippen molar-refractivity contribution < 1.29 is 19.0 Å². The fraction of sp³-hybridized carbons (Fsp3) is 0.375. The lowest BCUT2D eigenvalue weighted by molar-refractivity contribution is -0.126. The number of piperazine rings is 1. The van der Waals surface area contributed by atoms with Crippen molar-refractivity contribution in [2.75, 3.05) is 51.4 Å². The SMILES string of the molecule is CCOc1ccc(/C=C/C(=O)N2CCN(c3ccccc3OC)CC2)cc1OCC. The molecule has 1 fully saturated rings. The largest absolute Gasteiger partial charge is 0.495 e. The lowest BCUT2D eigenvalue weighted by Crippen LogP contribution is -2.48. The summed E-state index contributed by atoms with van der Waals surface area (Å²) in [5.41, 5.74) is 1.98. The minimum absolute atomic E-state index is 0.0153. The Morgan fingerprint density at radius 3 is 2.33 bits per heavy atom. The maximum absolute atomic E-state index is 12.7. The predicted octanol–water partition coefficient (Wildman–Crippen LogP) is 3.85. The van der Waals surface area contributed by atoms with Gasteiger partial charge in [-0.2, -0.15) is 0 Å². The number of para-hydroxylation sites is 2. The zero-order valence-corrected chi connectivity index (χ0v) is 18.0. The molecule has 0 spiro atoms. The Morgan fingerprint density at radius 2 is 1.63 bits per heavy atom. The third-order valence-corrected chi connectivity index (χ3v) is 5.00. The lowest BCUT2D eigenvalue weighted by atomic mass is 10.1. The number of amides is 1. The summed E-state index contributed by atoms with van der Waals surface area (Å²) in [5, 5.41) is 0. The molecule has 0 aromatic heterocycles. The molecule has 0 bridgehead atoms. The highest BCUT2D eigenvalue weighted by atomic mass is 16.5. The molecule has 1 aliphatic heterocycles. The van der Waals surface area contributed by atoms with E-state index in [4.69, 9.17) is 14.2 Å². The summed E-state index contributed by atoms with van der Waals surface area (Å²) in [6.45, 7) is 7.91. The Balaban J connectivity index is 1.60. The van der Waals surface area contributed by atoms with Crippen LogP contribution in [0, 0.1) is 0 Å². The summed E-state index contributed by atoms with van der Waals surface area (Å²) >= 11 is 0. The van der Waals surface area contributed by atoms with Crippen LogP contribution in [0.5, 0.6) is 17.2 Å². The second-order valence-corrected chi connectivity index (χ2v) is 6.89. The van der Waals surface area contributed by atoms with Crippen LogP contribution in [0.3, 0.4) is 0 Å². The second-order valence-electron chi connectivity index (χ2n) is 6.89. The molecule has 2 aromatic carbocycles. The summed E-state index contributed by atoms with van der Waals surface area (Å²) in [5.74, 6) is 2.29. The van der Waals surface area contributed by atoms with Gasteiger partial charge in [-0.3, -0.25) is 4.79 Å². The minimum atomic E-state index is 0.0153. The molecule has 3 rings (SSSR count). The quantitative estimate of drug-likeness (QED) is 0.619. The number of benzene rings is 2. The van der Waals surface area contributed by atoms with Crippen LogP contribution < -0.4 is 19.1 Å². The highest BCUT2D eigenvalue weighted by Crippen LogP contribution is 2.30. The van der Waals surface area contributed by atoms with Gasteiger partial charge in [-0.15, -0.1) is 0 Å². The van der Waals surface area contributed by atoms with Gasteiger partial charge in [-0.05, 0) is 49.8 Å². The number of ether oxygens (including phenoxy) is 3. The molecule has 1 aliphatic rings. The van der Waals surface area contributed by atoms with Crippen LogP contribution in [0.4, 0.5) is 5.69 Å². The van der Waals surface area contributed by atoms with Crippen molar-refractivity contribution in [3.05, 3.63) is 54.1 Å². The molecule has 1 amide bonds. The number of carbonyl (C=O) groups excluding carboxylic acids is 1. The van der Waals surface area contributed by atoms with Crippen molar-refractivity contribution in [2.24, 2.45) is 0 Å². The van der Waals surface area contributed by atoms with Crippen LogP contribution in [0.15, 0.2) is 48.5 Å². The fourth-order valence-electron chi connectivity index (χ4n) is 3.50. The zero-order chi connectivity index (χ0) is 21.3. The van der Waals surface area contributed by atoms with Crippen molar-refractivity contribution in [3.63, 3.8) is 0 Å². The van der Waals surface area contributed by atoms with Crippen molar-refractivity contribution in [1.82, 2.24) is 4.90 Å². The Kier molecular flexibility index (Phi) is 7.60. The molecule has 0 unspecified atom stereocenters. The minimum Gasteiger partial charge on any atom is -0.495 e. The molecular formula is C24H30N2O4. The van der Waals surface area contributed by atoms with Crippen molar-refractivity contribution in [1.29, 1.82) is 0 Å². The first-order valence-corrected chi connectivity index (χ1v) is 10.4. The molecule has 6 nitrogen and oxygen atoms in total. The Bertz CT molecular complexity index is 873. The van der Waals surface area contributed by atoms with Gasteiger partial charge >= 0.3 is 0 Å². The molecule has 6 heteroatoms. The van der Waals surface area contributed by atoms with Gasteiger partial charge in [0, 0.05) is 32.3 Å². The third kappa shape index (κ3) is 5.26. The number of carbonyl (C=O) groups is 1. The van der Waals surface area contributed by atoms with Gasteiger partial charge in [-0.1, -0.05) is 18.2 Å². The highest BCUT2D eigenvalue weighted by molar-refractivity contribution is 5.92. The Morgan fingerprint density at radius 1 is 0.933 bits per heavy atom. The molecule has 30 heavy (non-hydrogen) atoms. The van der Waals surface area contributed by atoms with E-state index in [0.717, 1.165) is 35.8 Å². The molecule has 1 saturated heterocycles. The standard InChI is InChI=1S/C24H30N2O4/c1-4-29-22-12-10-19(18-23(22)30-5-2)11-13-24(27)26-16-14-25(15-17-26)20-8-6-7-9-21(20)28-3/h6-13,18H,4-5,14-17H2,1-3H3/b13-11+. The average molecular weight is 411 g/mol. The molecule has 0 saturated carbocycles. The van der Waals surface area contributed by atoms with Crippen molar-refractivity contribution >= 4 is 17.7 Å². The number of methoxy groups -OCH3 is 1. The molecule has 0 N–H and O–H groups in total. The van der Waals surface area contributed by atoms with E-state index >= 15 is 0 Å². The first-order chi connectivity index (χ1) is 14.7. The van der Waals surface area contributed by atoms with E-state index in [1.165, 1.54) is 0 Å². The molecule has 1 heterocycles. The predicted molar refractivity (Wildman–Crippen MR) is 120 cm³/mol. The van der Waals surface area contributed by atoms with Gasteiger partial charge < -0.3 is 24.0 Å². The number of hydrogen-bond donors (Lipinski definition) is 0. The van der Waals surface area contributed by atoms with Gasteiger partial charge in [0.25, 0.3) is 0 Å². The van der Waals surface area contributed by atoms with Crippen LogP contribution in [0.2, 0.25) is 0 Å². The van der Waals surface area contributed by atoms with Gasteiger partial charge in [0.1, 0.15) is 5.75 Å². The molecule has 0 radical (unpaired) electrons. The number of rotatable bonds is 8. The van der Waals surface area contributed by atoms with Gasteiger partial charge in [-0.25, -0.2) is 0 Å². The van der Waals surface area contributed by atoms with E-state index < -0.39 is 0 Å². The van der Waals surface area contributed by atoms with Gasteiger partial charge in [0.05, 0.1) is 26.0 Å². The summed E-state index contributed by atoms with van der Waals surface area (Å²) < 4.78 is 16.7. The first kappa shape index (κ1) is 21.6. The summed E-state index contributed by atoms with van der Waals surface area (Å²) in [4.78, 5) is 16.8. The fourth-order valence-corrected chi connectivity index (χ4v) is 3.50. The summed E-state index contributed by atoms with van der Waals surface area (Å²) in [6.07, 6.45) is 3.46. The molecule has 2 aromatic rings. The number of anilines is 1. The van der Waals surface area contributed by atoms with Gasteiger partial charge in [0.15, 0.2) is 11.5 Å². The van der Waals surface area contributed by atoms with Crippen LogP contribution in [0.1, 0.15) is 19.4 Å². The van der Waals surface area contributed by atoms with Crippen LogP contribution in [0.25, 0.3) is 6.08 Å². The maximum Gasteiger partial charge on any atom is 0.246 e. The second kappa shape index (κ2) is 10.6. The summed E-state index contributed by atoms with van der Waals surface area (Å²) in [6, 6.07) is 13.7. The zero-order valence-electron chi connectivity index (χ0n) is 18.0. The normalized spacial score (nSPS) is 14.1. The Hall–Kier alpha value is -3.15. The average Bonchev–Trinajstić information content (AvgIpc) is 2.79. The van der Waals surface area contributed by atoms with Crippen LogP contribution in [-0.2, 0) is 4.79 Å². The number of nitrogens with zero attached hydrogens (tertiary/aromatic N) is 2. The maximum atomic E-state index is 12.7. The monoisotopic (exact) mass is 410 g/mol. The van der Waals surface area contributed by atoms with E-state index in [-0.39, 0.29) is 5.91 Å². The van der Waals surface area contributed by atoms with Crippen LogP contribution >= 0.6 is 0 Å². The number of hydrogen-bond acceptors (Lipinski definition) is 5. The molecule has 160 valence electrons. The van der Waals surface area contributed by atoms with Gasteiger partial charge in [0.2, 0.25) is 5.91 Å². The smallest absolute Gasteiger partial charge is 0.246 e. The molecular weight excluding hydrogens is 380 g/mol. The lowest BCUT2D eigenvalue weighted by Gasteiger charge is -2.36. The molecule has 0 aliphatic carbocycles. The first-order valence-electron chi connectivity index (χ1n) is 10.4. The Labute approximate surface area is 178 Å². The van der Waals surface area contributed by atoms with E-state index in [0.29, 0.717) is 32.1 Å². The van der Waals surface area contributed by atoms with Crippen molar-refractivity contribution in [2.45, 2.75) is 13.8 Å². The highest BCUT2D eigenvalue weighted by Gasteiger charge is 2.21. The van der Waals surface area contributed by atoms with E-state index in [2.05, 4.69) is 11.0 Å². The van der Waals surface area contributed by atoms with Crippen molar-refractivity contribution in [3.8, 4) is 17.2 Å². The van der Waals surface area contributed by atoms with E-state index in [1.807, 2.05) is 61.2 Å². The van der Waals surface area contributed by atoms with E-state index in [1.54, 1.807) is 13.2 Å². The van der Waals surface area contributed by atoms with Crippen LogP contribution in [-0.4, -0.2) is 57.3 Å². The van der Waals surface area contributed by atoms with E-state index in [9.17, 15) is 4.79 Å². The topological polar surface area (TPSA) is 51.2 Å². The summed E-state index contributed by atoms with van der Waals surface area (Å²) in [7, 11) is 1.68. The molecule has 0 atom stereocenters. The third-order valence-electron chi connectivity index (χ3n) is 5.00.